The van der Waals surface area contributed by atoms with E-state index in [0.717, 1.165) is 6.42 Å². The third-order valence-electron chi connectivity index (χ3n) is 4.26. The molecule has 148 valence electrons. The number of esters is 1. The Hall–Kier alpha value is -2.19. The molecule has 2 rings (SSSR count). The normalized spacial score (nSPS) is 21.1. The van der Waals surface area contributed by atoms with E-state index in [9.17, 15) is 18.0 Å². The van der Waals surface area contributed by atoms with Crippen LogP contribution in [-0.2, 0) is 24.3 Å². The summed E-state index contributed by atoms with van der Waals surface area (Å²) < 4.78 is 31.9. The number of nitrogens with zero attached hydrogens (tertiary/aromatic N) is 1. The Balaban J connectivity index is 1.99. The Bertz CT molecular complexity index is 792. The molecule has 1 fully saturated rings. The molecule has 27 heavy (non-hydrogen) atoms. The molecule has 1 saturated heterocycles. The first-order valence-electron chi connectivity index (χ1n) is 8.92. The van der Waals surface area contributed by atoms with Gasteiger partial charge in [0.2, 0.25) is 10.0 Å². The number of benzene rings is 1. The standard InChI is InChI=1S/C19H26N2O5S/c1-4-5-19(23)26-13-18(22)20-16-6-8-17(9-7-16)27(24,25)21-11-14(2)10-15(3)12-21/h4-9,14-15H,10-13H2,1-3H3,(H,20,22)/b5-4+/t14-,15-/m1/s1. The van der Waals surface area contributed by atoms with E-state index >= 15 is 0 Å². The van der Waals surface area contributed by atoms with Gasteiger partial charge in [-0.2, -0.15) is 4.31 Å². The second-order valence-corrected chi connectivity index (χ2v) is 8.89. The van der Waals surface area contributed by atoms with Crippen molar-refractivity contribution in [2.75, 3.05) is 25.0 Å². The SMILES string of the molecule is C/C=C/C(=O)OCC(=O)Nc1ccc(S(=O)(=O)N2C[C@H](C)C[C@@H](C)C2)cc1. The second-order valence-electron chi connectivity index (χ2n) is 6.95. The van der Waals surface area contributed by atoms with E-state index in [0.29, 0.717) is 30.6 Å². The number of rotatable bonds is 6. The average molecular weight is 394 g/mol. The highest BCUT2D eigenvalue weighted by Crippen LogP contribution is 2.27. The van der Waals surface area contributed by atoms with Gasteiger partial charge in [-0.1, -0.05) is 19.9 Å². The molecule has 0 aliphatic carbocycles. The topological polar surface area (TPSA) is 92.8 Å². The van der Waals surface area contributed by atoms with Crippen molar-refractivity contribution in [3.8, 4) is 0 Å². The number of nitrogens with one attached hydrogen (secondary N) is 1. The molecule has 0 aromatic heterocycles. The lowest BCUT2D eigenvalue weighted by Gasteiger charge is -2.34. The molecule has 1 aliphatic rings. The van der Waals surface area contributed by atoms with Crippen LogP contribution >= 0.6 is 0 Å². The molecule has 0 bridgehead atoms. The molecule has 1 N–H and O–H groups in total. The largest absolute Gasteiger partial charge is 0.452 e. The van der Waals surface area contributed by atoms with E-state index in [4.69, 9.17) is 4.74 Å². The minimum atomic E-state index is -3.56. The molecule has 1 heterocycles. The smallest absolute Gasteiger partial charge is 0.330 e. The Morgan fingerprint density at radius 3 is 2.33 bits per heavy atom. The number of hydrogen-bond acceptors (Lipinski definition) is 5. The highest BCUT2D eigenvalue weighted by atomic mass is 32.2. The van der Waals surface area contributed by atoms with Crippen LogP contribution in [0.2, 0.25) is 0 Å². The first kappa shape index (κ1) is 21.1. The maximum atomic E-state index is 12.8. The average Bonchev–Trinajstić information content (AvgIpc) is 2.60. The molecule has 0 saturated carbocycles. The Kier molecular flexibility index (Phi) is 7.15. The molecule has 7 nitrogen and oxygen atoms in total. The van der Waals surface area contributed by atoms with Gasteiger partial charge in [0.1, 0.15) is 0 Å². The number of hydrogen-bond donors (Lipinski definition) is 1. The highest BCUT2D eigenvalue weighted by molar-refractivity contribution is 7.89. The van der Waals surface area contributed by atoms with Crippen LogP contribution in [0.15, 0.2) is 41.3 Å². The first-order chi connectivity index (χ1) is 12.7. The summed E-state index contributed by atoms with van der Waals surface area (Å²) in [4.78, 5) is 23.2. The number of sulfonamides is 1. The fourth-order valence-corrected chi connectivity index (χ4v) is 4.86. The summed E-state index contributed by atoms with van der Waals surface area (Å²) in [5.74, 6) is -0.444. The summed E-state index contributed by atoms with van der Waals surface area (Å²) in [7, 11) is -3.56. The number of carbonyl (C=O) groups excluding carboxylic acids is 2. The van der Waals surface area contributed by atoms with Gasteiger partial charge >= 0.3 is 5.97 Å². The lowest BCUT2D eigenvalue weighted by molar-refractivity contribution is -0.142. The van der Waals surface area contributed by atoms with Crippen LogP contribution in [0.5, 0.6) is 0 Å². The van der Waals surface area contributed by atoms with Gasteiger partial charge in [-0.15, -0.1) is 0 Å². The quantitative estimate of drug-likeness (QED) is 0.591. The third-order valence-corrected chi connectivity index (χ3v) is 6.11. The predicted octanol–water partition coefficient (Wildman–Crippen LogP) is 2.41. The zero-order valence-corrected chi connectivity index (χ0v) is 16.7. The van der Waals surface area contributed by atoms with Crippen molar-refractivity contribution in [1.82, 2.24) is 4.31 Å². The van der Waals surface area contributed by atoms with Crippen LogP contribution in [0.1, 0.15) is 27.2 Å². The van der Waals surface area contributed by atoms with E-state index in [1.165, 1.54) is 40.7 Å². The molecule has 2 atom stereocenters. The number of allylic oxidation sites excluding steroid dienone is 1. The highest BCUT2D eigenvalue weighted by Gasteiger charge is 2.31. The van der Waals surface area contributed by atoms with E-state index in [2.05, 4.69) is 19.2 Å². The Morgan fingerprint density at radius 1 is 1.19 bits per heavy atom. The van der Waals surface area contributed by atoms with Crippen molar-refractivity contribution in [3.63, 3.8) is 0 Å². The van der Waals surface area contributed by atoms with E-state index < -0.39 is 28.5 Å². The van der Waals surface area contributed by atoms with Crippen molar-refractivity contribution in [1.29, 1.82) is 0 Å². The zero-order chi connectivity index (χ0) is 20.0. The van der Waals surface area contributed by atoms with Gasteiger partial charge in [-0.3, -0.25) is 4.79 Å². The van der Waals surface area contributed by atoms with Gasteiger partial charge in [0.05, 0.1) is 4.90 Å². The van der Waals surface area contributed by atoms with Crippen molar-refractivity contribution in [2.24, 2.45) is 11.8 Å². The summed E-state index contributed by atoms with van der Waals surface area (Å²) in [5, 5.41) is 2.56. The summed E-state index contributed by atoms with van der Waals surface area (Å²) in [6.45, 7) is 6.40. The van der Waals surface area contributed by atoms with Crippen molar-refractivity contribution in [3.05, 3.63) is 36.4 Å². The summed E-state index contributed by atoms with van der Waals surface area (Å²) in [6.07, 6.45) is 3.76. The van der Waals surface area contributed by atoms with Gasteiger partial charge in [-0.25, -0.2) is 13.2 Å². The fourth-order valence-electron chi connectivity index (χ4n) is 3.18. The minimum Gasteiger partial charge on any atom is -0.452 e. The Morgan fingerprint density at radius 2 is 1.78 bits per heavy atom. The summed E-state index contributed by atoms with van der Waals surface area (Å²) >= 11 is 0. The first-order valence-corrected chi connectivity index (χ1v) is 10.4. The lowest BCUT2D eigenvalue weighted by atomic mass is 9.94. The molecule has 1 aromatic carbocycles. The number of amides is 1. The zero-order valence-electron chi connectivity index (χ0n) is 15.8. The van der Waals surface area contributed by atoms with Crippen LogP contribution in [0, 0.1) is 11.8 Å². The van der Waals surface area contributed by atoms with E-state index in [1.807, 2.05) is 0 Å². The lowest BCUT2D eigenvalue weighted by Crippen LogP contribution is -2.42. The third kappa shape index (κ3) is 5.90. The van der Waals surface area contributed by atoms with Crippen LogP contribution in [0.25, 0.3) is 0 Å². The monoisotopic (exact) mass is 394 g/mol. The molecule has 0 unspecified atom stereocenters. The van der Waals surface area contributed by atoms with Gasteiger partial charge in [-0.05, 0) is 49.4 Å². The van der Waals surface area contributed by atoms with Gasteiger partial charge in [0.25, 0.3) is 5.91 Å². The second kappa shape index (κ2) is 9.14. The molecule has 8 heteroatoms. The van der Waals surface area contributed by atoms with Crippen LogP contribution < -0.4 is 5.32 Å². The van der Waals surface area contributed by atoms with Crippen molar-refractivity contribution in [2.45, 2.75) is 32.1 Å². The summed E-state index contributed by atoms with van der Waals surface area (Å²) in [5.41, 5.74) is 0.432. The number of piperidine rings is 1. The summed E-state index contributed by atoms with van der Waals surface area (Å²) in [6, 6.07) is 5.99. The van der Waals surface area contributed by atoms with Crippen molar-refractivity contribution >= 4 is 27.6 Å². The molecule has 1 aromatic rings. The van der Waals surface area contributed by atoms with Crippen LogP contribution in [-0.4, -0.2) is 44.3 Å². The number of ether oxygens (including phenoxy) is 1. The molecular weight excluding hydrogens is 368 g/mol. The van der Waals surface area contributed by atoms with Crippen LogP contribution in [0.4, 0.5) is 5.69 Å². The van der Waals surface area contributed by atoms with E-state index in [-0.39, 0.29) is 4.90 Å². The maximum Gasteiger partial charge on any atom is 0.330 e. The Labute approximate surface area is 160 Å². The minimum absolute atomic E-state index is 0.196. The predicted molar refractivity (Wildman–Crippen MR) is 103 cm³/mol. The van der Waals surface area contributed by atoms with Gasteiger partial charge in [0, 0.05) is 24.9 Å². The van der Waals surface area contributed by atoms with Gasteiger partial charge in [0.15, 0.2) is 6.61 Å². The number of carbonyl (C=O) groups is 2. The molecule has 0 spiro atoms. The molecule has 0 radical (unpaired) electrons. The van der Waals surface area contributed by atoms with Crippen LogP contribution in [0.3, 0.4) is 0 Å². The molecular formula is C19H26N2O5S. The van der Waals surface area contributed by atoms with E-state index in [1.54, 1.807) is 6.92 Å². The van der Waals surface area contributed by atoms with Crippen molar-refractivity contribution < 1.29 is 22.7 Å². The fraction of sp³-hybridized carbons (Fsp3) is 0.474. The molecule has 1 aliphatic heterocycles. The molecule has 1 amide bonds. The number of anilines is 1. The van der Waals surface area contributed by atoms with Gasteiger partial charge < -0.3 is 10.1 Å². The maximum absolute atomic E-state index is 12.8.